The van der Waals surface area contributed by atoms with E-state index in [9.17, 15) is 17.9 Å². The first kappa shape index (κ1) is 13.0. The van der Waals surface area contributed by atoms with Gasteiger partial charge in [0, 0.05) is 20.2 Å². The van der Waals surface area contributed by atoms with Crippen LogP contribution in [0.1, 0.15) is 0 Å². The lowest BCUT2D eigenvalue weighted by atomic mass is 10.3. The van der Waals surface area contributed by atoms with Gasteiger partial charge < -0.3 is 5.11 Å². The van der Waals surface area contributed by atoms with Crippen LogP contribution in [-0.4, -0.2) is 31.9 Å². The van der Waals surface area contributed by atoms with Crippen molar-refractivity contribution >= 4 is 27.5 Å². The largest absolute Gasteiger partial charge is 0.504 e. The Balaban J connectivity index is 3.17. The summed E-state index contributed by atoms with van der Waals surface area (Å²) in [5, 5.41) is 9.16. The molecule has 0 aliphatic carbocycles. The molecule has 0 fully saturated rings. The molecule has 1 rings (SSSR count). The molecule has 1 aromatic rings. The zero-order valence-corrected chi connectivity index (χ0v) is 10.1. The summed E-state index contributed by atoms with van der Waals surface area (Å²) < 4.78 is 38.6. The Labute approximate surface area is 97.6 Å². The molecule has 0 saturated carbocycles. The van der Waals surface area contributed by atoms with E-state index in [0.29, 0.717) is 0 Å². The number of hydrogen-bond acceptors (Lipinski definition) is 3. The fourth-order valence-electron chi connectivity index (χ4n) is 0.874. The molecular formula is C8H10ClFN2O3S. The molecule has 0 saturated heterocycles. The van der Waals surface area contributed by atoms with Crippen molar-refractivity contribution in [2.45, 2.75) is 0 Å². The molecule has 0 aromatic heterocycles. The Morgan fingerprint density at radius 1 is 1.44 bits per heavy atom. The van der Waals surface area contributed by atoms with Crippen LogP contribution in [0.3, 0.4) is 0 Å². The van der Waals surface area contributed by atoms with Crippen LogP contribution in [0.15, 0.2) is 12.1 Å². The molecule has 5 nitrogen and oxygen atoms in total. The Bertz CT molecular complexity index is 504. The Hall–Kier alpha value is -1.05. The molecular weight excluding hydrogens is 259 g/mol. The number of aromatic hydroxyl groups is 1. The van der Waals surface area contributed by atoms with E-state index in [-0.39, 0.29) is 10.7 Å². The maximum absolute atomic E-state index is 12.9. The van der Waals surface area contributed by atoms with Crippen LogP contribution < -0.4 is 4.72 Å². The fourth-order valence-corrected chi connectivity index (χ4v) is 1.70. The molecule has 0 radical (unpaired) electrons. The minimum atomic E-state index is -3.81. The van der Waals surface area contributed by atoms with Gasteiger partial charge in [0.1, 0.15) is 5.82 Å². The molecule has 90 valence electrons. The molecule has 0 unspecified atom stereocenters. The topological polar surface area (TPSA) is 69.6 Å². The first-order valence-electron chi connectivity index (χ1n) is 4.12. The van der Waals surface area contributed by atoms with Crippen LogP contribution in [0, 0.1) is 5.82 Å². The highest BCUT2D eigenvalue weighted by molar-refractivity contribution is 7.90. The van der Waals surface area contributed by atoms with Gasteiger partial charge in [-0.2, -0.15) is 12.7 Å². The van der Waals surface area contributed by atoms with Gasteiger partial charge in [-0.05, 0) is 6.07 Å². The van der Waals surface area contributed by atoms with E-state index >= 15 is 0 Å². The van der Waals surface area contributed by atoms with E-state index in [1.807, 2.05) is 4.72 Å². The second-order valence-electron chi connectivity index (χ2n) is 3.17. The molecule has 8 heteroatoms. The monoisotopic (exact) mass is 268 g/mol. The number of rotatable bonds is 3. The van der Waals surface area contributed by atoms with Gasteiger partial charge in [-0.15, -0.1) is 0 Å². The minimum absolute atomic E-state index is 0.267. The van der Waals surface area contributed by atoms with Crippen LogP contribution in [0.25, 0.3) is 0 Å². The zero-order valence-electron chi connectivity index (χ0n) is 8.53. The number of anilines is 1. The molecule has 0 aliphatic heterocycles. The van der Waals surface area contributed by atoms with Gasteiger partial charge in [-0.25, -0.2) is 4.39 Å². The number of hydrogen-bond donors (Lipinski definition) is 2. The maximum atomic E-state index is 12.9. The lowest BCUT2D eigenvalue weighted by Gasteiger charge is -2.14. The van der Waals surface area contributed by atoms with Gasteiger partial charge >= 0.3 is 10.2 Å². The predicted molar refractivity (Wildman–Crippen MR) is 59.3 cm³/mol. The van der Waals surface area contributed by atoms with E-state index in [1.54, 1.807) is 0 Å². The molecule has 0 atom stereocenters. The normalized spacial score (nSPS) is 11.8. The third kappa shape index (κ3) is 2.75. The lowest BCUT2D eigenvalue weighted by Crippen LogP contribution is -2.29. The number of phenolic OH excluding ortho intramolecular Hbond substituents is 1. The van der Waals surface area contributed by atoms with E-state index in [2.05, 4.69) is 0 Å². The lowest BCUT2D eigenvalue weighted by molar-refractivity contribution is 0.475. The molecule has 0 heterocycles. The summed E-state index contributed by atoms with van der Waals surface area (Å²) >= 11 is 5.49. The summed E-state index contributed by atoms with van der Waals surface area (Å²) in [6, 6.07) is 1.71. The molecule has 0 spiro atoms. The average molecular weight is 269 g/mol. The third-order valence-electron chi connectivity index (χ3n) is 1.75. The number of nitrogens with one attached hydrogen (secondary N) is 1. The van der Waals surface area contributed by atoms with Crippen molar-refractivity contribution in [1.82, 2.24) is 4.31 Å². The molecule has 0 aliphatic rings. The number of nitrogens with zero attached hydrogens (tertiary/aromatic N) is 1. The summed E-state index contributed by atoms with van der Waals surface area (Å²) in [4.78, 5) is 0. The minimum Gasteiger partial charge on any atom is -0.504 e. The molecule has 0 amide bonds. The van der Waals surface area contributed by atoms with E-state index in [4.69, 9.17) is 11.6 Å². The quantitative estimate of drug-likeness (QED) is 0.814. The Morgan fingerprint density at radius 2 is 2.00 bits per heavy atom. The second-order valence-corrected chi connectivity index (χ2v) is 5.47. The maximum Gasteiger partial charge on any atom is 0.301 e. The van der Waals surface area contributed by atoms with Crippen LogP contribution >= 0.6 is 11.6 Å². The van der Waals surface area contributed by atoms with Crippen molar-refractivity contribution in [3.63, 3.8) is 0 Å². The molecule has 2 N–H and O–H groups in total. The summed E-state index contributed by atoms with van der Waals surface area (Å²) in [6.45, 7) is 0. The Morgan fingerprint density at radius 3 is 2.50 bits per heavy atom. The predicted octanol–water partition coefficient (Wildman–Crippen LogP) is 1.40. The van der Waals surface area contributed by atoms with Gasteiger partial charge in [0.25, 0.3) is 0 Å². The van der Waals surface area contributed by atoms with Crippen LogP contribution in [-0.2, 0) is 10.2 Å². The Kier molecular flexibility index (Phi) is 3.61. The van der Waals surface area contributed by atoms with Gasteiger partial charge in [-0.3, -0.25) is 4.72 Å². The second kappa shape index (κ2) is 4.44. The fraction of sp³-hybridized carbons (Fsp3) is 0.250. The van der Waals surface area contributed by atoms with Crippen LogP contribution in [0.5, 0.6) is 5.75 Å². The number of benzene rings is 1. The van der Waals surface area contributed by atoms with E-state index in [1.165, 1.54) is 14.1 Å². The van der Waals surface area contributed by atoms with E-state index in [0.717, 1.165) is 16.4 Å². The van der Waals surface area contributed by atoms with Crippen LogP contribution in [0.4, 0.5) is 10.1 Å². The highest BCUT2D eigenvalue weighted by Gasteiger charge is 2.17. The van der Waals surface area contributed by atoms with Crippen LogP contribution in [0.2, 0.25) is 5.02 Å². The summed E-state index contributed by atoms with van der Waals surface area (Å²) in [5.74, 6) is -1.27. The smallest absolute Gasteiger partial charge is 0.301 e. The van der Waals surface area contributed by atoms with Crippen molar-refractivity contribution in [3.8, 4) is 5.75 Å². The third-order valence-corrected chi connectivity index (χ3v) is 3.48. The standard InChI is InChI=1S/C8H10ClFN2O3S/c1-12(2)16(14,15)11-7-4-5(10)3-6(9)8(7)13/h3-4,11,13H,1-2H3. The molecule has 16 heavy (non-hydrogen) atoms. The van der Waals surface area contributed by atoms with Gasteiger partial charge in [-0.1, -0.05) is 11.6 Å². The first-order valence-corrected chi connectivity index (χ1v) is 5.94. The average Bonchev–Trinajstić information content (AvgIpc) is 2.12. The highest BCUT2D eigenvalue weighted by atomic mass is 35.5. The molecule has 0 bridgehead atoms. The van der Waals surface area contributed by atoms with Crippen molar-refractivity contribution < 1.29 is 17.9 Å². The van der Waals surface area contributed by atoms with Crippen molar-refractivity contribution in [1.29, 1.82) is 0 Å². The van der Waals surface area contributed by atoms with Gasteiger partial charge in [0.15, 0.2) is 5.75 Å². The number of halogens is 2. The number of phenols is 1. The first-order chi connectivity index (χ1) is 7.24. The van der Waals surface area contributed by atoms with E-state index < -0.39 is 21.8 Å². The summed E-state index contributed by atoms with van der Waals surface area (Å²) in [7, 11) is -1.23. The van der Waals surface area contributed by atoms with Crippen molar-refractivity contribution in [2.75, 3.05) is 18.8 Å². The zero-order chi connectivity index (χ0) is 12.5. The van der Waals surface area contributed by atoms with Crippen molar-refractivity contribution in [3.05, 3.63) is 23.0 Å². The van der Waals surface area contributed by atoms with Crippen molar-refractivity contribution in [2.24, 2.45) is 0 Å². The summed E-state index contributed by atoms with van der Waals surface area (Å²) in [5.41, 5.74) is -0.307. The van der Waals surface area contributed by atoms with Gasteiger partial charge in [0.2, 0.25) is 0 Å². The molecule has 1 aromatic carbocycles. The summed E-state index contributed by atoms with van der Waals surface area (Å²) in [6.07, 6.45) is 0. The highest BCUT2D eigenvalue weighted by Crippen LogP contribution is 2.33. The SMILES string of the molecule is CN(C)S(=O)(=O)Nc1cc(F)cc(Cl)c1O. The van der Waals surface area contributed by atoms with Gasteiger partial charge in [0.05, 0.1) is 10.7 Å².